The number of nitrogens with one attached hydrogen (secondary N) is 1. The summed E-state index contributed by atoms with van der Waals surface area (Å²) in [6.07, 6.45) is -0.814. The number of anilines is 1. The quantitative estimate of drug-likeness (QED) is 0.697. The first kappa shape index (κ1) is 18.1. The number of halogens is 3. The minimum Gasteiger partial charge on any atom is -0.396 e. The highest BCUT2D eigenvalue weighted by Crippen LogP contribution is 2.40. The number of pyridine rings is 1. The number of rotatable bonds is 5. The standard InChI is InChI=1S/C17H15F3N4OS/c1-2-5-22-17(25)13-12(21)8-3-4-10(18)11(9(8)6-23-13)15-14(16(19)20)24-7-26-15/h3-4,6-7,16H,2,5,21H2,1H3,(H,22,25). The van der Waals surface area contributed by atoms with E-state index in [1.807, 2.05) is 6.92 Å². The van der Waals surface area contributed by atoms with Gasteiger partial charge in [0.2, 0.25) is 0 Å². The lowest BCUT2D eigenvalue weighted by molar-refractivity contribution is 0.0950. The van der Waals surface area contributed by atoms with Gasteiger partial charge in [-0.3, -0.25) is 4.79 Å². The molecule has 0 atom stereocenters. The molecule has 0 fully saturated rings. The second-order valence-corrected chi connectivity index (χ2v) is 6.38. The van der Waals surface area contributed by atoms with Crippen LogP contribution in [0.4, 0.5) is 18.9 Å². The third kappa shape index (κ3) is 3.10. The van der Waals surface area contributed by atoms with E-state index in [9.17, 15) is 18.0 Å². The average molecular weight is 380 g/mol. The molecule has 0 aliphatic heterocycles. The van der Waals surface area contributed by atoms with Crippen LogP contribution in [0, 0.1) is 5.82 Å². The van der Waals surface area contributed by atoms with Gasteiger partial charge in [0.1, 0.15) is 11.5 Å². The van der Waals surface area contributed by atoms with E-state index in [4.69, 9.17) is 5.73 Å². The van der Waals surface area contributed by atoms with Crippen LogP contribution in [0.25, 0.3) is 21.2 Å². The topological polar surface area (TPSA) is 80.9 Å². The summed E-state index contributed by atoms with van der Waals surface area (Å²) < 4.78 is 40.8. The van der Waals surface area contributed by atoms with Crippen LogP contribution in [0.3, 0.4) is 0 Å². The molecular formula is C17H15F3N4OS. The number of nitrogens with two attached hydrogens (primary N) is 1. The lowest BCUT2D eigenvalue weighted by Crippen LogP contribution is -2.26. The Bertz CT molecular complexity index is 974. The van der Waals surface area contributed by atoms with Crippen molar-refractivity contribution in [2.75, 3.05) is 12.3 Å². The molecule has 2 aromatic heterocycles. The van der Waals surface area contributed by atoms with E-state index in [-0.39, 0.29) is 27.2 Å². The molecule has 0 radical (unpaired) electrons. The monoisotopic (exact) mass is 380 g/mol. The Morgan fingerprint density at radius 1 is 1.31 bits per heavy atom. The minimum atomic E-state index is -2.84. The summed E-state index contributed by atoms with van der Waals surface area (Å²) in [5.74, 6) is -1.13. The van der Waals surface area contributed by atoms with Gasteiger partial charge in [0.25, 0.3) is 12.3 Å². The number of aromatic nitrogens is 2. The van der Waals surface area contributed by atoms with Crippen molar-refractivity contribution in [3.8, 4) is 10.4 Å². The molecule has 3 N–H and O–H groups in total. The molecule has 1 amide bonds. The molecule has 3 aromatic rings. The van der Waals surface area contributed by atoms with Crippen LogP contribution in [-0.4, -0.2) is 22.4 Å². The summed E-state index contributed by atoms with van der Waals surface area (Å²) in [7, 11) is 0. The summed E-state index contributed by atoms with van der Waals surface area (Å²) in [5.41, 5.74) is 6.84. The SMILES string of the molecule is CCCNC(=O)c1ncc2c(-c3scnc3C(F)F)c(F)ccc2c1N. The second kappa shape index (κ2) is 7.28. The molecule has 26 heavy (non-hydrogen) atoms. The van der Waals surface area contributed by atoms with Crippen LogP contribution in [0.2, 0.25) is 0 Å². The number of amides is 1. The number of hydrogen-bond donors (Lipinski definition) is 2. The summed E-state index contributed by atoms with van der Waals surface area (Å²) in [4.78, 5) is 19.8. The molecule has 0 saturated heterocycles. The molecule has 0 unspecified atom stereocenters. The van der Waals surface area contributed by atoms with E-state index < -0.39 is 23.8 Å². The van der Waals surface area contributed by atoms with Crippen molar-refractivity contribution >= 4 is 33.7 Å². The van der Waals surface area contributed by atoms with Crippen LogP contribution in [0.15, 0.2) is 23.8 Å². The first-order chi connectivity index (χ1) is 12.5. The molecule has 1 aromatic carbocycles. The van der Waals surface area contributed by atoms with Gasteiger partial charge in [0, 0.05) is 29.1 Å². The molecule has 0 aliphatic carbocycles. The van der Waals surface area contributed by atoms with Crippen molar-refractivity contribution < 1.29 is 18.0 Å². The van der Waals surface area contributed by atoms with Crippen LogP contribution in [-0.2, 0) is 0 Å². The third-order valence-electron chi connectivity index (χ3n) is 3.84. The van der Waals surface area contributed by atoms with E-state index in [1.54, 1.807) is 0 Å². The van der Waals surface area contributed by atoms with E-state index in [0.717, 1.165) is 23.8 Å². The van der Waals surface area contributed by atoms with Crippen molar-refractivity contribution in [2.24, 2.45) is 0 Å². The lowest BCUT2D eigenvalue weighted by atomic mass is 10.0. The fraction of sp³-hybridized carbons (Fsp3) is 0.235. The zero-order valence-electron chi connectivity index (χ0n) is 13.7. The zero-order valence-corrected chi connectivity index (χ0v) is 14.5. The Kier molecular flexibility index (Phi) is 5.08. The summed E-state index contributed by atoms with van der Waals surface area (Å²) in [6, 6.07) is 2.54. The largest absolute Gasteiger partial charge is 0.396 e. The van der Waals surface area contributed by atoms with Crippen LogP contribution < -0.4 is 11.1 Å². The van der Waals surface area contributed by atoms with Crippen molar-refractivity contribution in [1.82, 2.24) is 15.3 Å². The van der Waals surface area contributed by atoms with Crippen molar-refractivity contribution in [2.45, 2.75) is 19.8 Å². The van der Waals surface area contributed by atoms with Gasteiger partial charge in [0.15, 0.2) is 5.69 Å². The highest BCUT2D eigenvalue weighted by molar-refractivity contribution is 7.13. The van der Waals surface area contributed by atoms with Gasteiger partial charge in [0.05, 0.1) is 16.1 Å². The highest BCUT2D eigenvalue weighted by Gasteiger charge is 2.24. The number of carbonyl (C=O) groups excluding carboxylic acids is 1. The molecule has 136 valence electrons. The van der Waals surface area contributed by atoms with E-state index in [1.165, 1.54) is 17.8 Å². The van der Waals surface area contributed by atoms with Gasteiger partial charge < -0.3 is 11.1 Å². The number of carbonyl (C=O) groups is 1. The predicted molar refractivity (Wildman–Crippen MR) is 94.8 cm³/mol. The summed E-state index contributed by atoms with van der Waals surface area (Å²) >= 11 is 0.908. The van der Waals surface area contributed by atoms with Crippen LogP contribution in [0.5, 0.6) is 0 Å². The molecule has 0 bridgehead atoms. The molecule has 0 spiro atoms. The van der Waals surface area contributed by atoms with Crippen LogP contribution >= 0.6 is 11.3 Å². The number of fused-ring (bicyclic) bond motifs is 1. The average Bonchev–Trinajstić information content (AvgIpc) is 3.09. The number of nitrogens with zero attached hydrogens (tertiary/aromatic N) is 2. The summed E-state index contributed by atoms with van der Waals surface area (Å²) in [6.45, 7) is 2.37. The molecule has 0 saturated carbocycles. The first-order valence-electron chi connectivity index (χ1n) is 7.82. The van der Waals surface area contributed by atoms with Gasteiger partial charge in [-0.25, -0.2) is 23.1 Å². The normalized spacial score (nSPS) is 11.3. The van der Waals surface area contributed by atoms with E-state index in [0.29, 0.717) is 11.9 Å². The number of alkyl halides is 2. The Labute approximate surface area is 151 Å². The molecule has 2 heterocycles. The van der Waals surface area contributed by atoms with Gasteiger partial charge >= 0.3 is 0 Å². The second-order valence-electron chi connectivity index (χ2n) is 5.53. The summed E-state index contributed by atoms with van der Waals surface area (Å²) in [5, 5.41) is 3.29. The Hall–Kier alpha value is -2.68. The zero-order chi connectivity index (χ0) is 18.8. The fourth-order valence-electron chi connectivity index (χ4n) is 2.62. The van der Waals surface area contributed by atoms with Crippen molar-refractivity contribution in [3.05, 3.63) is 41.0 Å². The minimum absolute atomic E-state index is 0.0156. The highest BCUT2D eigenvalue weighted by atomic mass is 32.1. The third-order valence-corrected chi connectivity index (χ3v) is 4.70. The van der Waals surface area contributed by atoms with E-state index in [2.05, 4.69) is 15.3 Å². The fourth-order valence-corrected chi connectivity index (χ4v) is 3.48. The molecule has 9 heteroatoms. The first-order valence-corrected chi connectivity index (χ1v) is 8.70. The Morgan fingerprint density at radius 3 is 2.77 bits per heavy atom. The van der Waals surface area contributed by atoms with Gasteiger partial charge in [-0.1, -0.05) is 6.92 Å². The molecule has 3 rings (SSSR count). The number of benzene rings is 1. The van der Waals surface area contributed by atoms with Crippen molar-refractivity contribution in [3.63, 3.8) is 0 Å². The van der Waals surface area contributed by atoms with Crippen molar-refractivity contribution in [1.29, 1.82) is 0 Å². The Morgan fingerprint density at radius 2 is 2.08 bits per heavy atom. The lowest BCUT2D eigenvalue weighted by Gasteiger charge is -2.12. The smallest absolute Gasteiger partial charge is 0.281 e. The van der Waals surface area contributed by atoms with E-state index >= 15 is 0 Å². The number of hydrogen-bond acceptors (Lipinski definition) is 5. The number of thiazole rings is 1. The Balaban J connectivity index is 2.20. The maximum Gasteiger partial charge on any atom is 0.281 e. The maximum atomic E-state index is 14.5. The van der Waals surface area contributed by atoms with Gasteiger partial charge in [-0.15, -0.1) is 11.3 Å². The molecule has 0 aliphatic rings. The van der Waals surface area contributed by atoms with Crippen LogP contribution in [0.1, 0.15) is 36.0 Å². The molecular weight excluding hydrogens is 365 g/mol. The predicted octanol–water partition coefficient (Wildman–Crippen LogP) is 4.16. The van der Waals surface area contributed by atoms with Gasteiger partial charge in [-0.05, 0) is 18.6 Å². The molecule has 5 nitrogen and oxygen atoms in total. The van der Waals surface area contributed by atoms with Gasteiger partial charge in [-0.2, -0.15) is 0 Å². The maximum absolute atomic E-state index is 14.5. The number of nitrogen functional groups attached to an aromatic ring is 1.